The number of aromatic carboxylic acids is 1. The summed E-state index contributed by atoms with van der Waals surface area (Å²) < 4.78 is 5.61. The van der Waals surface area contributed by atoms with Gasteiger partial charge in [0.25, 0.3) is 0 Å². The first-order valence-corrected chi connectivity index (χ1v) is 7.54. The Labute approximate surface area is 130 Å². The van der Waals surface area contributed by atoms with E-state index in [-0.39, 0.29) is 11.3 Å². The average Bonchev–Trinajstić information content (AvgIpc) is 2.41. The molecule has 0 bridgehead atoms. The lowest BCUT2D eigenvalue weighted by molar-refractivity contribution is 0.0690. The first kappa shape index (κ1) is 15.0. The van der Waals surface area contributed by atoms with Gasteiger partial charge in [-0.25, -0.2) is 4.79 Å². The molecular weight excluding hydrogens is 319 g/mol. The van der Waals surface area contributed by atoms with Crippen LogP contribution in [0.5, 0.6) is 11.5 Å². The Morgan fingerprint density at radius 1 is 1.20 bits per heavy atom. The second-order valence-corrected chi connectivity index (χ2v) is 5.51. The van der Waals surface area contributed by atoms with Gasteiger partial charge < -0.3 is 9.84 Å². The minimum atomic E-state index is -1.05. The van der Waals surface area contributed by atoms with Crippen LogP contribution in [0.1, 0.15) is 10.4 Å². The molecular formula is C14H10Cl2O3S. The number of thioether (sulfide) groups is 1. The fraction of sp³-hybridized carbons (Fsp3) is 0.0714. The zero-order valence-electron chi connectivity index (χ0n) is 10.4. The number of benzene rings is 2. The van der Waals surface area contributed by atoms with Crippen LogP contribution in [-0.4, -0.2) is 17.3 Å². The van der Waals surface area contributed by atoms with Gasteiger partial charge in [0.15, 0.2) is 0 Å². The Bertz CT molecular complexity index is 659. The molecule has 104 valence electrons. The number of halogens is 2. The number of hydrogen-bond acceptors (Lipinski definition) is 3. The number of carboxylic acids is 1. The summed E-state index contributed by atoms with van der Waals surface area (Å²) in [6.07, 6.45) is 1.81. The van der Waals surface area contributed by atoms with Crippen molar-refractivity contribution in [3.05, 3.63) is 52.0 Å². The van der Waals surface area contributed by atoms with Crippen molar-refractivity contribution >= 4 is 40.9 Å². The summed E-state index contributed by atoms with van der Waals surface area (Å²) in [6.45, 7) is 0. The van der Waals surface area contributed by atoms with E-state index < -0.39 is 5.97 Å². The van der Waals surface area contributed by atoms with E-state index in [4.69, 9.17) is 27.9 Å². The maximum Gasteiger partial charge on any atom is 0.340 e. The van der Waals surface area contributed by atoms with E-state index in [0.29, 0.717) is 20.7 Å². The van der Waals surface area contributed by atoms with Crippen LogP contribution < -0.4 is 4.74 Å². The highest BCUT2D eigenvalue weighted by atomic mass is 35.5. The van der Waals surface area contributed by atoms with Crippen molar-refractivity contribution < 1.29 is 14.6 Å². The summed E-state index contributed by atoms with van der Waals surface area (Å²) in [6, 6.07) is 9.82. The second-order valence-electron chi connectivity index (χ2n) is 3.82. The van der Waals surface area contributed by atoms with Gasteiger partial charge in [-0.15, -0.1) is 11.8 Å². The molecule has 0 heterocycles. The zero-order chi connectivity index (χ0) is 14.7. The highest BCUT2D eigenvalue weighted by molar-refractivity contribution is 7.98. The van der Waals surface area contributed by atoms with Crippen molar-refractivity contribution in [2.75, 3.05) is 6.26 Å². The molecule has 1 N–H and O–H groups in total. The number of carbonyl (C=O) groups is 1. The monoisotopic (exact) mass is 328 g/mol. The van der Waals surface area contributed by atoms with Crippen molar-refractivity contribution in [2.45, 2.75) is 4.90 Å². The standard InChI is InChI=1S/C14H10Cl2O3S/c1-20-12-4-2-3-11(13(12)14(17)18)19-10-6-5-8(15)7-9(10)16/h2-7H,1H3,(H,17,18). The van der Waals surface area contributed by atoms with Gasteiger partial charge in [-0.05, 0) is 36.6 Å². The van der Waals surface area contributed by atoms with Crippen molar-refractivity contribution in [1.29, 1.82) is 0 Å². The molecule has 0 spiro atoms. The molecule has 0 atom stereocenters. The zero-order valence-corrected chi connectivity index (χ0v) is 12.7. The summed E-state index contributed by atoms with van der Waals surface area (Å²) in [5, 5.41) is 10.1. The minimum absolute atomic E-state index is 0.117. The van der Waals surface area contributed by atoms with Crippen LogP contribution >= 0.6 is 35.0 Å². The molecule has 3 nitrogen and oxygen atoms in total. The lowest BCUT2D eigenvalue weighted by atomic mass is 10.2. The molecule has 0 saturated carbocycles. The van der Waals surface area contributed by atoms with E-state index >= 15 is 0 Å². The Hall–Kier alpha value is -1.36. The third-order valence-electron chi connectivity index (χ3n) is 2.54. The van der Waals surface area contributed by atoms with Gasteiger partial charge in [0.1, 0.15) is 17.1 Å². The second kappa shape index (κ2) is 6.39. The lowest BCUT2D eigenvalue weighted by Gasteiger charge is -2.12. The number of hydrogen-bond donors (Lipinski definition) is 1. The highest BCUT2D eigenvalue weighted by Crippen LogP contribution is 2.35. The number of carboxylic acid groups (broad SMARTS) is 1. The smallest absolute Gasteiger partial charge is 0.340 e. The van der Waals surface area contributed by atoms with Crippen LogP contribution in [0.2, 0.25) is 10.0 Å². The van der Waals surface area contributed by atoms with Crippen LogP contribution in [0.3, 0.4) is 0 Å². The molecule has 2 aromatic carbocycles. The van der Waals surface area contributed by atoms with Crippen LogP contribution in [0, 0.1) is 0 Å². The lowest BCUT2D eigenvalue weighted by Crippen LogP contribution is -2.02. The van der Waals surface area contributed by atoms with E-state index in [1.165, 1.54) is 17.8 Å². The van der Waals surface area contributed by atoms with E-state index in [9.17, 15) is 9.90 Å². The van der Waals surface area contributed by atoms with Gasteiger partial charge in [-0.2, -0.15) is 0 Å². The van der Waals surface area contributed by atoms with E-state index in [2.05, 4.69) is 0 Å². The van der Waals surface area contributed by atoms with E-state index in [0.717, 1.165) is 0 Å². The van der Waals surface area contributed by atoms with Crippen molar-refractivity contribution in [3.63, 3.8) is 0 Å². The van der Waals surface area contributed by atoms with Crippen molar-refractivity contribution in [1.82, 2.24) is 0 Å². The fourth-order valence-electron chi connectivity index (χ4n) is 1.65. The number of rotatable bonds is 4. The predicted molar refractivity (Wildman–Crippen MR) is 81.7 cm³/mol. The first-order valence-electron chi connectivity index (χ1n) is 5.56. The third kappa shape index (κ3) is 3.20. The van der Waals surface area contributed by atoms with Gasteiger partial charge in [-0.3, -0.25) is 0 Å². The SMILES string of the molecule is CSc1cccc(Oc2ccc(Cl)cc2Cl)c1C(=O)O. The summed E-state index contributed by atoms with van der Waals surface area (Å²) in [4.78, 5) is 12.0. The van der Waals surface area contributed by atoms with Crippen molar-refractivity contribution in [2.24, 2.45) is 0 Å². The molecule has 6 heteroatoms. The highest BCUT2D eigenvalue weighted by Gasteiger charge is 2.17. The molecule has 20 heavy (non-hydrogen) atoms. The molecule has 2 aromatic rings. The Kier molecular flexibility index (Phi) is 4.81. The van der Waals surface area contributed by atoms with E-state index in [1.807, 2.05) is 0 Å². The minimum Gasteiger partial charge on any atom is -0.478 e. The van der Waals surface area contributed by atoms with Crippen LogP contribution in [0.25, 0.3) is 0 Å². The van der Waals surface area contributed by atoms with Gasteiger partial charge in [0.05, 0.1) is 5.02 Å². The fourth-order valence-corrected chi connectivity index (χ4v) is 2.71. The maximum absolute atomic E-state index is 11.4. The van der Waals surface area contributed by atoms with Gasteiger partial charge in [0, 0.05) is 9.92 Å². The third-order valence-corrected chi connectivity index (χ3v) is 3.85. The molecule has 0 aromatic heterocycles. The molecule has 0 fully saturated rings. The topological polar surface area (TPSA) is 46.5 Å². The molecule has 0 unspecified atom stereocenters. The summed E-state index contributed by atoms with van der Waals surface area (Å²) >= 11 is 13.2. The Morgan fingerprint density at radius 2 is 1.95 bits per heavy atom. The molecule has 0 radical (unpaired) electrons. The van der Waals surface area contributed by atoms with Crippen LogP contribution in [-0.2, 0) is 0 Å². The maximum atomic E-state index is 11.4. The molecule has 2 rings (SSSR count). The van der Waals surface area contributed by atoms with Crippen molar-refractivity contribution in [3.8, 4) is 11.5 Å². The van der Waals surface area contributed by atoms with Crippen LogP contribution in [0.15, 0.2) is 41.3 Å². The van der Waals surface area contributed by atoms with E-state index in [1.54, 1.807) is 36.6 Å². The summed E-state index contributed by atoms with van der Waals surface area (Å²) in [5.74, 6) is -0.444. The quantitative estimate of drug-likeness (QED) is 0.783. The van der Waals surface area contributed by atoms with Crippen LogP contribution in [0.4, 0.5) is 0 Å². The molecule has 0 aliphatic heterocycles. The Morgan fingerprint density at radius 3 is 2.55 bits per heavy atom. The number of ether oxygens (including phenoxy) is 1. The normalized spacial score (nSPS) is 10.3. The van der Waals surface area contributed by atoms with Gasteiger partial charge in [0.2, 0.25) is 0 Å². The first-order chi connectivity index (χ1) is 9.52. The van der Waals surface area contributed by atoms with Gasteiger partial charge >= 0.3 is 5.97 Å². The average molecular weight is 329 g/mol. The summed E-state index contributed by atoms with van der Waals surface area (Å²) in [7, 11) is 0. The van der Waals surface area contributed by atoms with Gasteiger partial charge in [-0.1, -0.05) is 29.3 Å². The molecule has 0 aliphatic rings. The molecule has 0 aliphatic carbocycles. The molecule has 0 amide bonds. The largest absolute Gasteiger partial charge is 0.478 e. The summed E-state index contributed by atoms with van der Waals surface area (Å²) in [5.41, 5.74) is 0.117. The Balaban J connectivity index is 2.45. The predicted octanol–water partition coefficient (Wildman–Crippen LogP) is 5.21. The molecule has 0 saturated heterocycles.